The largest absolute Gasteiger partial charge is 0.123 e. The molecule has 0 N–H and O–H groups in total. The molecule has 0 aromatic heterocycles. The van der Waals surface area contributed by atoms with Crippen molar-refractivity contribution in [2.75, 3.05) is 12.5 Å². The van der Waals surface area contributed by atoms with Gasteiger partial charge in [0, 0.05) is 4.24 Å². The highest BCUT2D eigenvalue weighted by atomic mass is 35.5. The normalized spacial score (nSPS) is 10.0. The highest BCUT2D eigenvalue weighted by Crippen LogP contribution is 2.31. The third-order valence-corrected chi connectivity index (χ3v) is 4.53. The second kappa shape index (κ2) is 5.96. The SMILES string of the molecule is CSC(=Cc1cccc(Cl)c1Cl)SC. The first-order valence-electron chi connectivity index (χ1n) is 3.92. The molecule has 0 saturated carbocycles. The van der Waals surface area contributed by atoms with Gasteiger partial charge >= 0.3 is 0 Å². The molecule has 0 nitrogen and oxygen atoms in total. The van der Waals surface area contributed by atoms with Crippen molar-refractivity contribution in [1.29, 1.82) is 0 Å². The van der Waals surface area contributed by atoms with Gasteiger partial charge in [-0.3, -0.25) is 0 Å². The zero-order chi connectivity index (χ0) is 10.6. The summed E-state index contributed by atoms with van der Waals surface area (Å²) in [6.07, 6.45) is 6.13. The lowest BCUT2D eigenvalue weighted by molar-refractivity contribution is 1.66. The summed E-state index contributed by atoms with van der Waals surface area (Å²) in [5, 5.41) is 1.22. The van der Waals surface area contributed by atoms with Crippen molar-refractivity contribution in [1.82, 2.24) is 0 Å². The molecule has 0 heterocycles. The molecule has 0 aliphatic heterocycles. The Morgan fingerprint density at radius 2 is 1.86 bits per heavy atom. The summed E-state index contributed by atoms with van der Waals surface area (Å²) < 4.78 is 1.22. The van der Waals surface area contributed by atoms with Crippen LogP contribution in [0.5, 0.6) is 0 Å². The second-order valence-corrected chi connectivity index (χ2v) is 5.25. The van der Waals surface area contributed by atoms with Crippen molar-refractivity contribution in [2.24, 2.45) is 0 Å². The van der Waals surface area contributed by atoms with Crippen LogP contribution in [0.3, 0.4) is 0 Å². The first-order valence-corrected chi connectivity index (χ1v) is 7.13. The molecule has 0 amide bonds. The van der Waals surface area contributed by atoms with Gasteiger partial charge in [-0.1, -0.05) is 35.3 Å². The predicted octanol–water partition coefficient (Wildman–Crippen LogP) is 5.02. The van der Waals surface area contributed by atoms with E-state index >= 15 is 0 Å². The molecule has 0 bridgehead atoms. The Morgan fingerprint density at radius 1 is 1.21 bits per heavy atom. The van der Waals surface area contributed by atoms with Crippen molar-refractivity contribution in [3.63, 3.8) is 0 Å². The summed E-state index contributed by atoms with van der Waals surface area (Å²) >= 11 is 15.4. The van der Waals surface area contributed by atoms with Crippen LogP contribution in [0.4, 0.5) is 0 Å². The Morgan fingerprint density at radius 3 is 2.43 bits per heavy atom. The number of hydrogen-bond acceptors (Lipinski definition) is 2. The van der Waals surface area contributed by atoms with Gasteiger partial charge in [0.25, 0.3) is 0 Å². The molecule has 1 aromatic carbocycles. The first kappa shape index (κ1) is 12.3. The van der Waals surface area contributed by atoms with Crippen LogP contribution < -0.4 is 0 Å². The average Bonchev–Trinajstić information content (AvgIpc) is 2.20. The minimum absolute atomic E-state index is 0.599. The molecule has 0 fully saturated rings. The number of thioether (sulfide) groups is 2. The van der Waals surface area contributed by atoms with Crippen molar-refractivity contribution < 1.29 is 0 Å². The van der Waals surface area contributed by atoms with Gasteiger partial charge in [0.2, 0.25) is 0 Å². The van der Waals surface area contributed by atoms with Crippen molar-refractivity contribution >= 4 is 52.8 Å². The molecule has 1 rings (SSSR count). The molecule has 0 radical (unpaired) electrons. The van der Waals surface area contributed by atoms with Gasteiger partial charge < -0.3 is 0 Å². The molecule has 1 aromatic rings. The van der Waals surface area contributed by atoms with Gasteiger partial charge in [-0.05, 0) is 30.2 Å². The van der Waals surface area contributed by atoms with Crippen LogP contribution in [-0.4, -0.2) is 12.5 Å². The van der Waals surface area contributed by atoms with E-state index in [1.807, 2.05) is 30.7 Å². The highest BCUT2D eigenvalue weighted by molar-refractivity contribution is 8.21. The number of benzene rings is 1. The monoisotopic (exact) mass is 264 g/mol. The summed E-state index contributed by atoms with van der Waals surface area (Å²) in [5.41, 5.74) is 0.970. The van der Waals surface area contributed by atoms with Gasteiger partial charge in [-0.25, -0.2) is 0 Å². The topological polar surface area (TPSA) is 0 Å². The minimum atomic E-state index is 0.599. The molecule has 0 spiro atoms. The Labute approximate surface area is 103 Å². The first-order chi connectivity index (χ1) is 6.69. The smallest absolute Gasteiger partial charge is 0.0665 e. The van der Waals surface area contributed by atoms with Gasteiger partial charge in [-0.2, -0.15) is 0 Å². The summed E-state index contributed by atoms with van der Waals surface area (Å²) in [6.45, 7) is 0. The van der Waals surface area contributed by atoms with E-state index in [1.165, 1.54) is 4.24 Å². The van der Waals surface area contributed by atoms with Crippen LogP contribution in [0.15, 0.2) is 22.4 Å². The summed E-state index contributed by atoms with van der Waals surface area (Å²) in [6, 6.07) is 5.65. The zero-order valence-electron chi connectivity index (χ0n) is 7.88. The second-order valence-electron chi connectivity index (χ2n) is 2.51. The molecular formula is C10H10Cl2S2. The maximum atomic E-state index is 6.06. The highest BCUT2D eigenvalue weighted by Gasteiger charge is 2.02. The van der Waals surface area contributed by atoms with E-state index in [1.54, 1.807) is 29.6 Å². The number of hydrogen-bond donors (Lipinski definition) is 0. The van der Waals surface area contributed by atoms with Crippen LogP contribution >= 0.6 is 46.7 Å². The number of halogens is 2. The van der Waals surface area contributed by atoms with E-state index in [-0.39, 0.29) is 0 Å². The van der Waals surface area contributed by atoms with Crippen LogP contribution in [-0.2, 0) is 0 Å². The Balaban J connectivity index is 3.07. The molecule has 0 saturated heterocycles. The fraction of sp³-hybridized carbons (Fsp3) is 0.200. The number of rotatable bonds is 3. The van der Waals surface area contributed by atoms with Crippen molar-refractivity contribution in [3.05, 3.63) is 38.0 Å². The van der Waals surface area contributed by atoms with Gasteiger partial charge in [-0.15, -0.1) is 23.5 Å². The summed E-state index contributed by atoms with van der Waals surface area (Å²) in [5.74, 6) is 0. The van der Waals surface area contributed by atoms with E-state index in [4.69, 9.17) is 23.2 Å². The molecule has 76 valence electrons. The summed E-state index contributed by atoms with van der Waals surface area (Å²) in [4.78, 5) is 0. The van der Waals surface area contributed by atoms with E-state index in [0.717, 1.165) is 5.56 Å². The predicted molar refractivity (Wildman–Crippen MR) is 71.5 cm³/mol. The third kappa shape index (κ3) is 3.13. The van der Waals surface area contributed by atoms with E-state index in [0.29, 0.717) is 10.0 Å². The molecule has 0 aliphatic rings. The molecule has 0 unspecified atom stereocenters. The third-order valence-electron chi connectivity index (χ3n) is 1.66. The van der Waals surface area contributed by atoms with Crippen molar-refractivity contribution in [2.45, 2.75) is 0 Å². The molecule has 0 aliphatic carbocycles. The maximum Gasteiger partial charge on any atom is 0.0665 e. The molecular weight excluding hydrogens is 255 g/mol. The van der Waals surface area contributed by atoms with E-state index in [2.05, 4.69) is 0 Å². The maximum absolute atomic E-state index is 6.06. The van der Waals surface area contributed by atoms with E-state index in [9.17, 15) is 0 Å². The fourth-order valence-corrected chi connectivity index (χ4v) is 2.48. The lowest BCUT2D eigenvalue weighted by Gasteiger charge is -2.03. The lowest BCUT2D eigenvalue weighted by Crippen LogP contribution is -1.77. The molecule has 4 heteroatoms. The fourth-order valence-electron chi connectivity index (χ4n) is 0.960. The average molecular weight is 265 g/mol. The Kier molecular flexibility index (Phi) is 5.24. The van der Waals surface area contributed by atoms with Crippen LogP contribution in [0.2, 0.25) is 10.0 Å². The lowest BCUT2D eigenvalue weighted by atomic mass is 10.2. The van der Waals surface area contributed by atoms with Crippen LogP contribution in [0, 0.1) is 0 Å². The standard InChI is InChI=1S/C10H10Cl2S2/c1-13-9(14-2)6-7-4-3-5-8(11)10(7)12/h3-6H,1-2H3. The molecule has 0 atom stereocenters. The van der Waals surface area contributed by atoms with Crippen molar-refractivity contribution in [3.8, 4) is 0 Å². The van der Waals surface area contributed by atoms with Gasteiger partial charge in [0.05, 0.1) is 10.0 Å². The van der Waals surface area contributed by atoms with Gasteiger partial charge in [0.1, 0.15) is 0 Å². The quantitative estimate of drug-likeness (QED) is 0.752. The van der Waals surface area contributed by atoms with Crippen LogP contribution in [0.25, 0.3) is 6.08 Å². The molecule has 14 heavy (non-hydrogen) atoms. The zero-order valence-corrected chi connectivity index (χ0v) is 11.0. The van der Waals surface area contributed by atoms with E-state index < -0.39 is 0 Å². The van der Waals surface area contributed by atoms with Gasteiger partial charge in [0.15, 0.2) is 0 Å². The Hall–Kier alpha value is 0.240. The summed E-state index contributed by atoms with van der Waals surface area (Å²) in [7, 11) is 0. The Bertz CT molecular complexity index is 342. The minimum Gasteiger partial charge on any atom is -0.123 e. The van der Waals surface area contributed by atoms with Crippen LogP contribution in [0.1, 0.15) is 5.56 Å².